The van der Waals surface area contributed by atoms with E-state index in [1.54, 1.807) is 0 Å². The maximum atomic E-state index is 12.8. The Balaban J connectivity index is 1.75. The first-order chi connectivity index (χ1) is 14.4. The number of carbonyl (C=O) groups is 2. The molecule has 30 heavy (non-hydrogen) atoms. The number of hydrogen-bond donors (Lipinski definition) is 1. The number of hydrogen-bond acceptors (Lipinski definition) is 4. The number of benzene rings is 2. The average Bonchev–Trinajstić information content (AvgIpc) is 3.18. The molecule has 7 heteroatoms. The molecule has 0 aliphatic carbocycles. The van der Waals surface area contributed by atoms with Gasteiger partial charge < -0.3 is 5.11 Å². The van der Waals surface area contributed by atoms with Gasteiger partial charge in [0.15, 0.2) is 0 Å². The van der Waals surface area contributed by atoms with Crippen molar-refractivity contribution in [3.8, 4) is 0 Å². The Bertz CT molecular complexity index is 1160. The lowest BCUT2D eigenvalue weighted by Crippen LogP contribution is -2.27. The summed E-state index contributed by atoms with van der Waals surface area (Å²) in [6.07, 6.45) is 0.0951. The molecule has 0 spiro atoms. The maximum absolute atomic E-state index is 12.8. The summed E-state index contributed by atoms with van der Waals surface area (Å²) < 4.78 is 0. The summed E-state index contributed by atoms with van der Waals surface area (Å²) >= 11 is 6.55. The fraction of sp³-hybridized carbons (Fsp3) is 0.217. The lowest BCUT2D eigenvalue weighted by Gasteiger charge is -2.23. The molecule has 2 aromatic carbocycles. The SMILES string of the molecule is Cc1cccc2cc([C@@H]3CC(c4ccccc4)=NN3C(=O)CCC(=O)O)c(Cl)nc12. The van der Waals surface area contributed by atoms with E-state index < -0.39 is 12.0 Å². The van der Waals surface area contributed by atoms with Crippen molar-refractivity contribution in [3.63, 3.8) is 0 Å². The van der Waals surface area contributed by atoms with Crippen molar-refractivity contribution in [1.82, 2.24) is 9.99 Å². The molecule has 1 aromatic heterocycles. The van der Waals surface area contributed by atoms with Crippen LogP contribution >= 0.6 is 11.6 Å². The molecule has 0 radical (unpaired) electrons. The number of carboxylic acids is 1. The Labute approximate surface area is 178 Å². The lowest BCUT2D eigenvalue weighted by molar-refractivity contribution is -0.141. The van der Waals surface area contributed by atoms with Crippen molar-refractivity contribution in [2.75, 3.05) is 0 Å². The van der Waals surface area contributed by atoms with Crippen molar-refractivity contribution in [1.29, 1.82) is 0 Å². The first-order valence-corrected chi connectivity index (χ1v) is 10.0. The number of fused-ring (bicyclic) bond motifs is 1. The Morgan fingerprint density at radius 1 is 1.13 bits per heavy atom. The molecule has 1 atom stereocenters. The zero-order valence-corrected chi connectivity index (χ0v) is 17.1. The van der Waals surface area contributed by atoms with Gasteiger partial charge in [0, 0.05) is 23.8 Å². The van der Waals surface area contributed by atoms with Crippen LogP contribution in [0.3, 0.4) is 0 Å². The molecular weight excluding hydrogens is 402 g/mol. The third-order valence-electron chi connectivity index (χ3n) is 5.21. The van der Waals surface area contributed by atoms with Crippen molar-refractivity contribution < 1.29 is 14.7 Å². The minimum atomic E-state index is -1.02. The standard InChI is InChI=1S/C23H20ClN3O3/c1-14-6-5-9-16-12-17(23(24)25-22(14)16)19-13-18(15-7-3-2-4-8-15)26-27(19)20(28)10-11-21(29)30/h2-9,12,19H,10-11,13H2,1H3,(H,29,30)/t19-/m0/s1. The summed E-state index contributed by atoms with van der Waals surface area (Å²) in [5, 5.41) is 16.1. The van der Waals surface area contributed by atoms with E-state index in [0.29, 0.717) is 17.1 Å². The van der Waals surface area contributed by atoms with Crippen LogP contribution in [0.15, 0.2) is 59.7 Å². The summed E-state index contributed by atoms with van der Waals surface area (Å²) in [4.78, 5) is 28.4. The van der Waals surface area contributed by atoms with Crippen molar-refractivity contribution in [2.45, 2.75) is 32.2 Å². The van der Waals surface area contributed by atoms with E-state index in [2.05, 4.69) is 10.1 Å². The second-order valence-corrected chi connectivity index (χ2v) is 7.64. The molecule has 1 N–H and O–H groups in total. The number of rotatable bonds is 5. The van der Waals surface area contributed by atoms with E-state index in [1.807, 2.05) is 61.5 Å². The summed E-state index contributed by atoms with van der Waals surface area (Å²) in [7, 11) is 0. The number of pyridine rings is 1. The van der Waals surface area contributed by atoms with Crippen LogP contribution in [-0.2, 0) is 9.59 Å². The van der Waals surface area contributed by atoms with E-state index in [1.165, 1.54) is 5.01 Å². The Morgan fingerprint density at radius 3 is 2.63 bits per heavy atom. The summed E-state index contributed by atoms with van der Waals surface area (Å²) in [5.74, 6) is -1.37. The van der Waals surface area contributed by atoms with Gasteiger partial charge in [-0.3, -0.25) is 9.59 Å². The third kappa shape index (κ3) is 3.91. The van der Waals surface area contributed by atoms with Gasteiger partial charge in [-0.15, -0.1) is 0 Å². The molecule has 2 heterocycles. The highest BCUT2D eigenvalue weighted by molar-refractivity contribution is 6.30. The van der Waals surface area contributed by atoms with Crippen molar-refractivity contribution >= 4 is 40.1 Å². The Hall–Kier alpha value is -3.25. The first kappa shape index (κ1) is 20.0. The van der Waals surface area contributed by atoms with Crippen LogP contribution in [0, 0.1) is 6.92 Å². The highest BCUT2D eigenvalue weighted by atomic mass is 35.5. The molecule has 0 saturated carbocycles. The summed E-state index contributed by atoms with van der Waals surface area (Å²) in [6.45, 7) is 1.97. The molecule has 0 saturated heterocycles. The minimum absolute atomic E-state index is 0.130. The van der Waals surface area contributed by atoms with Crippen LogP contribution in [0.5, 0.6) is 0 Å². The monoisotopic (exact) mass is 421 g/mol. The zero-order chi connectivity index (χ0) is 21.3. The zero-order valence-electron chi connectivity index (χ0n) is 16.4. The normalized spacial score (nSPS) is 16.0. The number of aliphatic carboxylic acids is 1. The number of aryl methyl sites for hydroxylation is 1. The van der Waals surface area contributed by atoms with Crippen LogP contribution in [0.4, 0.5) is 0 Å². The number of aromatic nitrogens is 1. The summed E-state index contributed by atoms with van der Waals surface area (Å²) in [6, 6.07) is 17.0. The van der Waals surface area contributed by atoms with Crippen LogP contribution < -0.4 is 0 Å². The third-order valence-corrected chi connectivity index (χ3v) is 5.52. The quantitative estimate of drug-likeness (QED) is 0.603. The number of halogens is 1. The second kappa shape index (κ2) is 8.24. The molecule has 4 rings (SSSR count). The van der Waals surface area contributed by atoms with Gasteiger partial charge in [0.25, 0.3) is 0 Å². The highest BCUT2D eigenvalue weighted by Crippen LogP contribution is 2.37. The van der Waals surface area contributed by atoms with Crippen LogP contribution in [-0.4, -0.2) is 32.7 Å². The molecule has 0 unspecified atom stereocenters. The second-order valence-electron chi connectivity index (χ2n) is 7.28. The van der Waals surface area contributed by atoms with Gasteiger partial charge in [0.2, 0.25) is 5.91 Å². The van der Waals surface area contributed by atoms with Gasteiger partial charge in [0.1, 0.15) is 5.15 Å². The largest absolute Gasteiger partial charge is 0.481 e. The van der Waals surface area contributed by atoms with Gasteiger partial charge in [-0.2, -0.15) is 5.10 Å². The van der Waals surface area contributed by atoms with Gasteiger partial charge >= 0.3 is 5.97 Å². The molecule has 3 aromatic rings. The number of carboxylic acid groups (broad SMARTS) is 1. The topological polar surface area (TPSA) is 82.9 Å². The van der Waals surface area contributed by atoms with Gasteiger partial charge in [-0.1, -0.05) is 60.1 Å². The maximum Gasteiger partial charge on any atom is 0.303 e. The number of carbonyl (C=O) groups excluding carboxylic acids is 1. The molecule has 6 nitrogen and oxygen atoms in total. The molecule has 1 aliphatic rings. The van der Waals surface area contributed by atoms with Crippen LogP contribution in [0.2, 0.25) is 5.15 Å². The molecule has 0 fully saturated rings. The number of amides is 1. The Kier molecular flexibility index (Phi) is 5.50. The predicted molar refractivity (Wildman–Crippen MR) is 116 cm³/mol. The van der Waals surface area contributed by atoms with Crippen LogP contribution in [0.25, 0.3) is 10.9 Å². The molecule has 0 bridgehead atoms. The molecule has 1 amide bonds. The number of para-hydroxylation sites is 1. The molecular formula is C23H20ClN3O3. The predicted octanol–water partition coefficient (Wildman–Crippen LogP) is 4.74. The molecule has 152 valence electrons. The van der Waals surface area contributed by atoms with Gasteiger partial charge in [-0.25, -0.2) is 9.99 Å². The van der Waals surface area contributed by atoms with Crippen LogP contribution in [0.1, 0.15) is 42.0 Å². The number of hydrazone groups is 1. The van der Waals surface area contributed by atoms with E-state index >= 15 is 0 Å². The van der Waals surface area contributed by atoms with E-state index in [9.17, 15) is 9.59 Å². The van der Waals surface area contributed by atoms with Gasteiger partial charge in [0.05, 0.1) is 23.7 Å². The van der Waals surface area contributed by atoms with Crippen molar-refractivity contribution in [3.05, 3.63) is 76.4 Å². The highest BCUT2D eigenvalue weighted by Gasteiger charge is 2.34. The lowest BCUT2D eigenvalue weighted by atomic mass is 9.98. The first-order valence-electron chi connectivity index (χ1n) is 9.66. The van der Waals surface area contributed by atoms with E-state index in [0.717, 1.165) is 27.7 Å². The van der Waals surface area contributed by atoms with E-state index in [-0.39, 0.29) is 18.7 Å². The minimum Gasteiger partial charge on any atom is -0.481 e. The number of nitrogens with zero attached hydrogens (tertiary/aromatic N) is 3. The fourth-order valence-corrected chi connectivity index (χ4v) is 3.96. The Morgan fingerprint density at radius 2 is 1.90 bits per heavy atom. The summed E-state index contributed by atoms with van der Waals surface area (Å²) in [5.41, 5.74) is 4.20. The smallest absolute Gasteiger partial charge is 0.303 e. The van der Waals surface area contributed by atoms with Crippen molar-refractivity contribution in [2.24, 2.45) is 5.10 Å². The molecule has 1 aliphatic heterocycles. The van der Waals surface area contributed by atoms with E-state index in [4.69, 9.17) is 16.7 Å². The van der Waals surface area contributed by atoms with Gasteiger partial charge in [-0.05, 0) is 24.1 Å². The fourth-order valence-electron chi connectivity index (χ4n) is 3.69. The average molecular weight is 422 g/mol.